The third-order valence-corrected chi connectivity index (χ3v) is 9.39. The van der Waals surface area contributed by atoms with Gasteiger partial charge in [0.2, 0.25) is 0 Å². The first-order valence-corrected chi connectivity index (χ1v) is 13.1. The largest absolute Gasteiger partial charge is 0.467 e. The SMILES string of the molecule is C#CN1CCN(c2nc(OC)nc3c2CCN(C2CCCC4CCCC(C)C42)C3)CC12[CH-]C2.[Cm]. The molecule has 0 bridgehead atoms. The molecule has 6 rings (SSSR count). The zero-order chi connectivity index (χ0) is 22.6. The molecule has 1 saturated heterocycles. The van der Waals surface area contributed by atoms with Crippen LogP contribution >= 0.6 is 0 Å². The fourth-order valence-electron chi connectivity index (χ4n) is 7.61. The van der Waals surface area contributed by atoms with E-state index in [0.29, 0.717) is 12.1 Å². The Morgan fingerprint density at radius 2 is 1.91 bits per heavy atom. The molecule has 3 aliphatic carbocycles. The molecule has 6 nitrogen and oxygen atoms in total. The first kappa shape index (κ1) is 22.8. The smallest absolute Gasteiger partial charge is 0.318 e. The predicted octanol–water partition coefficient (Wildman–Crippen LogP) is 3.51. The molecule has 4 fully saturated rings. The molecule has 2 aliphatic heterocycles. The van der Waals surface area contributed by atoms with Gasteiger partial charge < -0.3 is 21.0 Å². The van der Waals surface area contributed by atoms with E-state index in [1.165, 1.54) is 49.8 Å². The normalized spacial score (nSPS) is 35.1. The van der Waals surface area contributed by atoms with Crippen LogP contribution in [0.3, 0.4) is 0 Å². The third kappa shape index (κ3) is 3.64. The van der Waals surface area contributed by atoms with Gasteiger partial charge in [0.25, 0.3) is 0 Å². The molecule has 0 aromatic carbocycles. The summed E-state index contributed by atoms with van der Waals surface area (Å²) < 4.78 is 5.59. The molecule has 1 spiro atoms. The molecule has 7 heteroatoms. The van der Waals surface area contributed by atoms with Crippen LogP contribution in [0, 0.1) is 36.6 Å². The van der Waals surface area contributed by atoms with Crippen LogP contribution in [0.25, 0.3) is 0 Å². The van der Waals surface area contributed by atoms with E-state index in [-0.39, 0.29) is 5.54 Å². The molecule has 34 heavy (non-hydrogen) atoms. The van der Waals surface area contributed by atoms with Crippen molar-refractivity contribution in [3.05, 3.63) is 17.7 Å². The molecule has 3 saturated carbocycles. The number of hydrogen-bond donors (Lipinski definition) is 0. The molecule has 1 aromatic heterocycles. The molecule has 5 aliphatic rings. The Kier molecular flexibility index (Phi) is 5.80. The van der Waals surface area contributed by atoms with Gasteiger partial charge in [-0.25, -0.2) is 0 Å². The van der Waals surface area contributed by atoms with Crippen LogP contribution in [-0.2, 0) is 13.0 Å². The number of hydrogen-bond acceptors (Lipinski definition) is 6. The van der Waals surface area contributed by atoms with Gasteiger partial charge in [-0.3, -0.25) is 4.90 Å². The molecule has 0 radical (unpaired) electrons. The Labute approximate surface area is 199 Å². The summed E-state index contributed by atoms with van der Waals surface area (Å²) in [5.41, 5.74) is 2.55. The Morgan fingerprint density at radius 1 is 1.12 bits per heavy atom. The van der Waals surface area contributed by atoms with E-state index in [9.17, 15) is 0 Å². The predicted molar refractivity (Wildman–Crippen MR) is 130 cm³/mol. The number of ether oxygens (including phenoxy) is 1. The summed E-state index contributed by atoms with van der Waals surface area (Å²) in [6.45, 7) is 7.26. The van der Waals surface area contributed by atoms with Crippen molar-refractivity contribution >= 4 is 5.82 Å². The van der Waals surface area contributed by atoms with Crippen LogP contribution < -0.4 is 9.64 Å². The van der Waals surface area contributed by atoms with E-state index < -0.39 is 0 Å². The summed E-state index contributed by atoms with van der Waals surface area (Å²) in [5.74, 6) is 3.73. The van der Waals surface area contributed by atoms with Gasteiger partial charge in [-0.1, -0.05) is 51.0 Å². The average molecular weight is 696 g/mol. The number of nitrogens with zero attached hydrogens (tertiary/aromatic N) is 5. The van der Waals surface area contributed by atoms with Gasteiger partial charge in [0.15, 0.2) is 0 Å². The summed E-state index contributed by atoms with van der Waals surface area (Å²) in [6.07, 6.45) is 18.7. The van der Waals surface area contributed by atoms with Gasteiger partial charge in [0.1, 0.15) is 5.82 Å². The molecule has 0 N–H and O–H groups in total. The Hall–Kier alpha value is -3.00. The summed E-state index contributed by atoms with van der Waals surface area (Å²) in [7, 11) is 1.69. The van der Waals surface area contributed by atoms with E-state index in [4.69, 9.17) is 21.1 Å². The second-order valence-electron chi connectivity index (χ2n) is 11.1. The van der Waals surface area contributed by atoms with Gasteiger partial charge >= 0.3 is 6.01 Å². The minimum Gasteiger partial charge on any atom is -0.467 e. The summed E-state index contributed by atoms with van der Waals surface area (Å²) >= 11 is 0. The minimum atomic E-state index is 0. The van der Waals surface area contributed by atoms with Crippen molar-refractivity contribution in [1.82, 2.24) is 19.8 Å². The maximum Gasteiger partial charge on any atom is 0.318 e. The van der Waals surface area contributed by atoms with Gasteiger partial charge in [-0.05, 0) is 30.6 Å². The second kappa shape index (κ2) is 8.65. The number of aromatic nitrogens is 2. The van der Waals surface area contributed by atoms with Crippen molar-refractivity contribution in [3.8, 4) is 18.5 Å². The molecule has 5 atom stereocenters. The molecule has 1 aromatic rings. The van der Waals surface area contributed by atoms with Gasteiger partial charge in [0.05, 0.1) is 12.8 Å². The first-order chi connectivity index (χ1) is 16.1. The average Bonchev–Trinajstić information content (AvgIpc) is 3.62. The van der Waals surface area contributed by atoms with Crippen LogP contribution in [-0.4, -0.2) is 64.6 Å². The van der Waals surface area contributed by atoms with Crippen LogP contribution in [0.15, 0.2) is 0 Å². The van der Waals surface area contributed by atoms with Crippen LogP contribution in [0.2, 0.25) is 0 Å². The standard InChI is InChI=1S/C27H38N5O.Cm/c1-4-32-16-15-31(18-27(32)12-13-27)25-21-11-14-30(17-22(21)28-26(29-25)33-3)23-10-6-9-20-8-5-7-19(2)24(20)23;/h1,12,19-20,23-24H,5-11,13-18H2,2-3H3;/q-1;. The quantitative estimate of drug-likeness (QED) is 0.357. The Morgan fingerprint density at radius 3 is 2.65 bits per heavy atom. The number of anilines is 1. The van der Waals surface area contributed by atoms with Crippen molar-refractivity contribution in [3.63, 3.8) is 0 Å². The topological polar surface area (TPSA) is 44.7 Å². The molecule has 0 amide bonds. The first-order valence-electron chi connectivity index (χ1n) is 13.1. The molecule has 5 unspecified atom stereocenters. The zero-order valence-corrected chi connectivity index (χ0v) is 23.6. The molecular formula is C27H38CmN5O-. The van der Waals surface area contributed by atoms with Gasteiger partial charge in [0, 0.05) is 50.4 Å². The van der Waals surface area contributed by atoms with Gasteiger partial charge in [-0.2, -0.15) is 16.4 Å². The number of rotatable bonds is 3. The molecule has 186 valence electrons. The molecular weight excluding hydrogens is 657 g/mol. The van der Waals surface area contributed by atoms with E-state index in [1.54, 1.807) is 7.11 Å². The van der Waals surface area contributed by atoms with Crippen LogP contribution in [0.5, 0.6) is 6.01 Å². The van der Waals surface area contributed by atoms with E-state index >= 15 is 0 Å². The van der Waals surface area contributed by atoms with Crippen molar-refractivity contribution in [1.29, 1.82) is 0 Å². The third-order valence-electron chi connectivity index (χ3n) is 9.39. The maximum absolute atomic E-state index is 5.79. The van der Waals surface area contributed by atoms with Crippen molar-refractivity contribution < 1.29 is 4.74 Å². The Balaban J connectivity index is 0.00000241. The number of methoxy groups -OCH3 is 1. The van der Waals surface area contributed by atoms with Crippen LogP contribution in [0.4, 0.5) is 5.82 Å². The minimum absolute atomic E-state index is 0. The molecule has 3 heterocycles. The van der Waals surface area contributed by atoms with E-state index in [0.717, 1.165) is 69.1 Å². The number of fused-ring (bicyclic) bond motifs is 2. The zero-order valence-electron chi connectivity index (χ0n) is 20.7. The monoisotopic (exact) mass is 691 g/mol. The van der Waals surface area contributed by atoms with Crippen molar-refractivity contribution in [2.75, 3.05) is 38.2 Å². The summed E-state index contributed by atoms with van der Waals surface area (Å²) in [4.78, 5) is 17.1. The van der Waals surface area contributed by atoms with Crippen molar-refractivity contribution in [2.24, 2.45) is 17.8 Å². The summed E-state index contributed by atoms with van der Waals surface area (Å²) in [6, 6.07) is 4.11. The fraction of sp³-hybridized carbons (Fsp3) is 0.741. The van der Waals surface area contributed by atoms with Gasteiger partial charge in [-0.15, -0.1) is 0 Å². The maximum atomic E-state index is 5.79. The van der Waals surface area contributed by atoms with E-state index in [2.05, 4.69) is 34.1 Å². The summed E-state index contributed by atoms with van der Waals surface area (Å²) in [5, 5.41) is 0. The second-order valence-corrected chi connectivity index (χ2v) is 11.1. The van der Waals surface area contributed by atoms with E-state index in [1.807, 2.05) is 0 Å². The Bertz CT molecular complexity index is 942. The number of terminal acetylenes is 1. The van der Waals surface area contributed by atoms with Crippen molar-refractivity contribution in [2.45, 2.75) is 76.4 Å². The number of piperazine rings is 1. The van der Waals surface area contributed by atoms with Crippen LogP contribution in [0.1, 0.15) is 63.1 Å². The fourth-order valence-corrected chi connectivity index (χ4v) is 7.61.